The van der Waals surface area contributed by atoms with E-state index in [4.69, 9.17) is 10.5 Å². The zero-order chi connectivity index (χ0) is 26.4. The molecule has 7 nitrogen and oxygen atoms in total. The standard InChI is InChI=1S/C28H23Br2N3O4/c29-18-15-20(27(35)21(30)16-18)25(13-6-14-26(34)32-24-11-4-3-10-22(24)31)37-28(36)33-23-12-5-8-17-7-1-2-9-19(17)23/h1-12,14-16,25,35H,13,31H2,(H,32,34)(H,33,36)/b14-6+/t25-/m1/s1. The second-order valence-corrected chi connectivity index (χ2v) is 9.86. The third-order valence-corrected chi connectivity index (χ3v) is 6.58. The number of phenolic OH excluding ortho intramolecular Hbond substituents is 1. The number of para-hydroxylation sites is 2. The van der Waals surface area contributed by atoms with Crippen molar-refractivity contribution >= 4 is 71.7 Å². The van der Waals surface area contributed by atoms with Crippen molar-refractivity contribution in [2.45, 2.75) is 12.5 Å². The topological polar surface area (TPSA) is 114 Å². The van der Waals surface area contributed by atoms with Crippen LogP contribution in [0.25, 0.3) is 10.8 Å². The van der Waals surface area contributed by atoms with Crippen molar-refractivity contribution in [3.8, 4) is 5.75 Å². The molecule has 0 aliphatic rings. The van der Waals surface area contributed by atoms with Crippen molar-refractivity contribution in [1.82, 2.24) is 0 Å². The fourth-order valence-electron chi connectivity index (χ4n) is 3.76. The number of fused-ring (bicyclic) bond motifs is 1. The maximum absolute atomic E-state index is 12.9. The van der Waals surface area contributed by atoms with Crippen molar-refractivity contribution in [2.75, 3.05) is 16.4 Å². The minimum absolute atomic E-state index is 0.0685. The smallest absolute Gasteiger partial charge is 0.412 e. The van der Waals surface area contributed by atoms with Gasteiger partial charge in [0.15, 0.2) is 0 Å². The average molecular weight is 625 g/mol. The van der Waals surface area contributed by atoms with Crippen molar-refractivity contribution in [3.05, 3.63) is 106 Å². The summed E-state index contributed by atoms with van der Waals surface area (Å²) in [5.41, 5.74) is 7.78. The maximum Gasteiger partial charge on any atom is 0.412 e. The number of carbonyl (C=O) groups is 2. The van der Waals surface area contributed by atoms with Crippen molar-refractivity contribution < 1.29 is 19.4 Å². The summed E-state index contributed by atoms with van der Waals surface area (Å²) in [6, 6.07) is 23.5. The third-order valence-electron chi connectivity index (χ3n) is 5.52. The number of halogens is 2. The van der Waals surface area contributed by atoms with Crippen LogP contribution in [0.4, 0.5) is 21.9 Å². The molecule has 0 aliphatic heterocycles. The highest BCUT2D eigenvalue weighted by molar-refractivity contribution is 9.11. The van der Waals surface area contributed by atoms with Crippen LogP contribution in [0.15, 0.2) is 100.0 Å². The van der Waals surface area contributed by atoms with Crippen LogP contribution in [0.1, 0.15) is 18.1 Å². The molecule has 0 spiro atoms. The van der Waals surface area contributed by atoms with E-state index >= 15 is 0 Å². The van der Waals surface area contributed by atoms with Crippen LogP contribution in [0.5, 0.6) is 5.75 Å². The molecule has 0 heterocycles. The van der Waals surface area contributed by atoms with E-state index in [0.717, 1.165) is 10.8 Å². The molecule has 0 fully saturated rings. The molecule has 4 rings (SSSR count). The van der Waals surface area contributed by atoms with E-state index in [9.17, 15) is 14.7 Å². The van der Waals surface area contributed by atoms with Gasteiger partial charge in [-0.1, -0.05) is 70.5 Å². The van der Waals surface area contributed by atoms with Crippen molar-refractivity contribution in [1.29, 1.82) is 0 Å². The minimum atomic E-state index is -0.894. The highest BCUT2D eigenvalue weighted by Gasteiger charge is 2.22. The lowest BCUT2D eigenvalue weighted by Crippen LogP contribution is -2.18. The molecule has 0 aliphatic carbocycles. The number of hydrogen-bond donors (Lipinski definition) is 4. The third kappa shape index (κ3) is 6.69. The Morgan fingerprint density at radius 2 is 1.65 bits per heavy atom. The zero-order valence-electron chi connectivity index (χ0n) is 19.4. The predicted octanol–water partition coefficient (Wildman–Crippen LogP) is 7.53. The van der Waals surface area contributed by atoms with Crippen molar-refractivity contribution in [2.24, 2.45) is 0 Å². The highest BCUT2D eigenvalue weighted by atomic mass is 79.9. The van der Waals surface area contributed by atoms with E-state index < -0.39 is 18.1 Å². The molecule has 0 saturated heterocycles. The lowest BCUT2D eigenvalue weighted by atomic mass is 10.0. The molecule has 4 aromatic carbocycles. The van der Waals surface area contributed by atoms with Crippen LogP contribution in [-0.4, -0.2) is 17.1 Å². The van der Waals surface area contributed by atoms with Gasteiger partial charge in [-0.15, -0.1) is 0 Å². The van der Waals surface area contributed by atoms with Gasteiger partial charge in [0.25, 0.3) is 0 Å². The zero-order valence-corrected chi connectivity index (χ0v) is 22.6. The largest absolute Gasteiger partial charge is 0.506 e. The van der Waals surface area contributed by atoms with Crippen LogP contribution in [0, 0.1) is 0 Å². The second kappa shape index (κ2) is 11.9. The molecule has 4 aromatic rings. The molecule has 0 saturated carbocycles. The molecule has 0 bridgehead atoms. The summed E-state index contributed by atoms with van der Waals surface area (Å²) in [4.78, 5) is 25.3. The number of phenols is 1. The molecular weight excluding hydrogens is 602 g/mol. The van der Waals surface area contributed by atoms with Gasteiger partial charge in [0.1, 0.15) is 11.9 Å². The molecule has 2 amide bonds. The van der Waals surface area contributed by atoms with Gasteiger partial charge in [-0.2, -0.15) is 0 Å². The first-order valence-electron chi connectivity index (χ1n) is 11.3. The first kappa shape index (κ1) is 26.2. The second-order valence-electron chi connectivity index (χ2n) is 8.09. The molecule has 0 aromatic heterocycles. The number of nitrogens with two attached hydrogens (primary N) is 1. The SMILES string of the molecule is Nc1ccccc1NC(=O)/C=C/C[C@@H](OC(=O)Nc1cccc2ccccc12)c1cc(Br)cc(Br)c1O. The number of nitrogen functional groups attached to an aromatic ring is 1. The summed E-state index contributed by atoms with van der Waals surface area (Å²) in [5.74, 6) is -0.461. The molecule has 0 radical (unpaired) electrons. The number of hydrogen-bond acceptors (Lipinski definition) is 5. The molecule has 1 atom stereocenters. The summed E-state index contributed by atoms with van der Waals surface area (Å²) in [6.07, 6.45) is 1.42. The first-order chi connectivity index (χ1) is 17.8. The number of amides is 2. The normalized spacial score (nSPS) is 11.8. The van der Waals surface area contributed by atoms with Gasteiger partial charge in [-0.25, -0.2) is 4.79 Å². The highest BCUT2D eigenvalue weighted by Crippen LogP contribution is 2.38. The Morgan fingerprint density at radius 3 is 2.46 bits per heavy atom. The van der Waals surface area contributed by atoms with E-state index in [1.54, 1.807) is 48.5 Å². The van der Waals surface area contributed by atoms with Crippen LogP contribution in [0.2, 0.25) is 0 Å². The van der Waals surface area contributed by atoms with E-state index in [-0.39, 0.29) is 12.2 Å². The molecule has 9 heteroatoms. The fraction of sp³-hybridized carbons (Fsp3) is 0.0714. The van der Waals surface area contributed by atoms with Crippen LogP contribution < -0.4 is 16.4 Å². The molecule has 37 heavy (non-hydrogen) atoms. The lowest BCUT2D eigenvalue weighted by molar-refractivity contribution is -0.111. The van der Waals surface area contributed by atoms with Crippen LogP contribution in [-0.2, 0) is 9.53 Å². The number of carbonyl (C=O) groups excluding carboxylic acids is 2. The Bertz CT molecular complexity index is 1480. The Labute approximate surface area is 230 Å². The van der Waals surface area contributed by atoms with E-state index in [1.807, 2.05) is 36.4 Å². The van der Waals surface area contributed by atoms with E-state index in [1.165, 1.54) is 6.08 Å². The quantitative estimate of drug-likeness (QED) is 0.125. The summed E-state index contributed by atoms with van der Waals surface area (Å²) in [7, 11) is 0. The number of rotatable bonds is 7. The van der Waals surface area contributed by atoms with Gasteiger partial charge in [0.05, 0.1) is 21.5 Å². The maximum atomic E-state index is 12.9. The Balaban J connectivity index is 1.53. The number of aromatic hydroxyl groups is 1. The Kier molecular flexibility index (Phi) is 8.47. The lowest BCUT2D eigenvalue weighted by Gasteiger charge is -2.20. The Hall–Kier alpha value is -3.82. The number of anilines is 3. The minimum Gasteiger partial charge on any atom is -0.506 e. The van der Waals surface area contributed by atoms with Crippen LogP contribution in [0.3, 0.4) is 0 Å². The van der Waals surface area contributed by atoms with Gasteiger partial charge in [-0.3, -0.25) is 10.1 Å². The van der Waals surface area contributed by atoms with Crippen molar-refractivity contribution in [3.63, 3.8) is 0 Å². The Morgan fingerprint density at radius 1 is 0.946 bits per heavy atom. The van der Waals surface area contributed by atoms with Gasteiger partial charge < -0.3 is 20.9 Å². The van der Waals surface area contributed by atoms with Gasteiger partial charge in [0.2, 0.25) is 5.91 Å². The molecular formula is C28H23Br2N3O4. The molecule has 5 N–H and O–H groups in total. The predicted molar refractivity (Wildman–Crippen MR) is 154 cm³/mol. The fourth-order valence-corrected chi connectivity index (χ4v) is 5.02. The van der Waals surface area contributed by atoms with Gasteiger partial charge >= 0.3 is 6.09 Å². The number of ether oxygens (including phenoxy) is 1. The number of benzene rings is 4. The van der Waals surface area contributed by atoms with Gasteiger partial charge in [-0.05, 0) is 57.7 Å². The molecule has 188 valence electrons. The average Bonchev–Trinajstić information content (AvgIpc) is 2.87. The monoisotopic (exact) mass is 623 g/mol. The molecule has 0 unspecified atom stereocenters. The van der Waals surface area contributed by atoms with Crippen LogP contribution >= 0.6 is 31.9 Å². The summed E-state index contributed by atoms with van der Waals surface area (Å²) < 4.78 is 6.85. The van der Waals surface area contributed by atoms with Gasteiger partial charge in [0, 0.05) is 21.8 Å². The summed E-state index contributed by atoms with van der Waals surface area (Å²) >= 11 is 6.72. The summed E-state index contributed by atoms with van der Waals surface area (Å²) in [5, 5.41) is 18.0. The first-order valence-corrected chi connectivity index (χ1v) is 12.9. The van der Waals surface area contributed by atoms with E-state index in [0.29, 0.717) is 31.6 Å². The number of nitrogens with one attached hydrogen (secondary N) is 2. The summed E-state index contributed by atoms with van der Waals surface area (Å²) in [6.45, 7) is 0. The van der Waals surface area contributed by atoms with E-state index in [2.05, 4.69) is 42.5 Å².